The van der Waals surface area contributed by atoms with E-state index in [1.54, 1.807) is 24.3 Å². The third-order valence-corrected chi connectivity index (χ3v) is 6.19. The van der Waals surface area contributed by atoms with E-state index in [9.17, 15) is 22.0 Å². The molecule has 0 saturated heterocycles. The van der Waals surface area contributed by atoms with Gasteiger partial charge in [0.2, 0.25) is 0 Å². The second-order valence-electron chi connectivity index (χ2n) is 6.28. The number of carboxylic acids is 1. The van der Waals surface area contributed by atoms with Gasteiger partial charge in [0, 0.05) is 15.7 Å². The molecule has 0 radical (unpaired) electrons. The zero-order valence-electron chi connectivity index (χ0n) is 16.7. The summed E-state index contributed by atoms with van der Waals surface area (Å²) in [6.07, 6.45) is 0. The second-order valence-corrected chi connectivity index (χ2v) is 9.02. The van der Waals surface area contributed by atoms with Gasteiger partial charge in [-0.25, -0.2) is 8.42 Å². The Kier molecular flexibility index (Phi) is 9.27. The van der Waals surface area contributed by atoms with Gasteiger partial charge < -0.3 is 15.6 Å². The van der Waals surface area contributed by atoms with Crippen molar-refractivity contribution in [2.75, 3.05) is 16.6 Å². The van der Waals surface area contributed by atoms with Crippen molar-refractivity contribution >= 4 is 50.6 Å². The van der Waals surface area contributed by atoms with Crippen molar-refractivity contribution in [2.24, 2.45) is 0 Å². The first kappa shape index (κ1) is 26.2. The summed E-state index contributed by atoms with van der Waals surface area (Å²) in [6.45, 7) is -3.86. The Balaban J connectivity index is 0.000000405. The number of rotatable bonds is 7. The van der Waals surface area contributed by atoms with E-state index < -0.39 is 29.1 Å². The number of nitrogens with zero attached hydrogens (tertiary/aromatic N) is 1. The zero-order valence-corrected chi connectivity index (χ0v) is 19.1. The molecule has 0 saturated carbocycles. The molecule has 0 amide bonds. The van der Waals surface area contributed by atoms with Crippen LogP contribution in [0.3, 0.4) is 0 Å². The van der Waals surface area contributed by atoms with E-state index in [0.29, 0.717) is 9.33 Å². The second kappa shape index (κ2) is 11.7. The summed E-state index contributed by atoms with van der Waals surface area (Å²) in [4.78, 5) is 10.8. The molecule has 3 N–H and O–H groups in total. The lowest BCUT2D eigenvalue weighted by atomic mass is 10.3. The summed E-state index contributed by atoms with van der Waals surface area (Å²) < 4.78 is 54.6. The van der Waals surface area contributed by atoms with Crippen LogP contribution in [0.2, 0.25) is 10.0 Å². The van der Waals surface area contributed by atoms with Crippen LogP contribution in [0.25, 0.3) is 0 Å². The van der Waals surface area contributed by atoms with E-state index in [2.05, 4.69) is 4.74 Å². The Bertz CT molecular complexity index is 1140. The molecule has 33 heavy (non-hydrogen) atoms. The van der Waals surface area contributed by atoms with E-state index in [1.807, 2.05) is 0 Å². The minimum absolute atomic E-state index is 0.0970. The van der Waals surface area contributed by atoms with Gasteiger partial charge in [0.25, 0.3) is 10.0 Å². The molecule has 0 bridgehead atoms. The Labute approximate surface area is 199 Å². The lowest BCUT2D eigenvalue weighted by Crippen LogP contribution is -2.35. The highest BCUT2D eigenvalue weighted by atomic mass is 35.5. The monoisotopic (exact) mass is 518 g/mol. The molecule has 0 fully saturated rings. The molecule has 3 aromatic rings. The van der Waals surface area contributed by atoms with Crippen molar-refractivity contribution in [1.82, 2.24) is 0 Å². The van der Waals surface area contributed by atoms with Crippen LogP contribution in [-0.2, 0) is 14.8 Å². The average Bonchev–Trinajstić information content (AvgIpc) is 2.75. The van der Waals surface area contributed by atoms with Crippen molar-refractivity contribution < 1.29 is 31.8 Å². The molecule has 0 spiro atoms. The molecular formula is C21H18Cl2F2N2O5S. The van der Waals surface area contributed by atoms with Gasteiger partial charge in [-0.2, -0.15) is 8.78 Å². The number of halogens is 4. The fraction of sp³-hybridized carbons (Fsp3) is 0.0952. The first-order valence-corrected chi connectivity index (χ1v) is 11.2. The summed E-state index contributed by atoms with van der Waals surface area (Å²) in [5.41, 5.74) is 6.21. The third kappa shape index (κ3) is 8.08. The lowest BCUT2D eigenvalue weighted by molar-refractivity contribution is -0.135. The summed E-state index contributed by atoms with van der Waals surface area (Å²) in [5.74, 6) is -1.58. The molecule has 3 aromatic carbocycles. The van der Waals surface area contributed by atoms with Crippen LogP contribution < -0.4 is 14.8 Å². The van der Waals surface area contributed by atoms with Crippen molar-refractivity contribution in [1.29, 1.82) is 0 Å². The molecule has 0 aliphatic carbocycles. The largest absolute Gasteiger partial charge is 0.480 e. The van der Waals surface area contributed by atoms with Gasteiger partial charge in [-0.3, -0.25) is 9.10 Å². The number of nitrogen functional groups attached to an aromatic ring is 1. The molecule has 0 aliphatic rings. The molecule has 176 valence electrons. The predicted octanol–water partition coefficient (Wildman–Crippen LogP) is 5.14. The fourth-order valence-electron chi connectivity index (χ4n) is 2.43. The highest BCUT2D eigenvalue weighted by Gasteiger charge is 2.27. The van der Waals surface area contributed by atoms with Gasteiger partial charge in [0.05, 0.1) is 10.6 Å². The molecule has 0 unspecified atom stereocenters. The van der Waals surface area contributed by atoms with E-state index in [0.717, 1.165) is 35.0 Å². The maximum Gasteiger partial charge on any atom is 0.387 e. The van der Waals surface area contributed by atoms with Gasteiger partial charge >= 0.3 is 12.6 Å². The first-order chi connectivity index (χ1) is 15.5. The van der Waals surface area contributed by atoms with Gasteiger partial charge in [0.15, 0.2) is 0 Å². The van der Waals surface area contributed by atoms with E-state index in [4.69, 9.17) is 34.0 Å². The number of anilines is 2. The third-order valence-electron chi connectivity index (χ3n) is 3.90. The van der Waals surface area contributed by atoms with E-state index >= 15 is 0 Å². The SMILES string of the molecule is Nc1ccc(Cl)cc1.O=C(O)CN(c1ccc(Cl)cc1)S(=O)(=O)c1ccc(OC(F)F)cc1. The molecule has 0 heterocycles. The predicted molar refractivity (Wildman–Crippen MR) is 123 cm³/mol. The molecule has 0 aromatic heterocycles. The smallest absolute Gasteiger partial charge is 0.387 e. The zero-order chi connectivity index (χ0) is 24.6. The maximum absolute atomic E-state index is 12.7. The van der Waals surface area contributed by atoms with Crippen LogP contribution in [0.1, 0.15) is 0 Å². The quantitative estimate of drug-likeness (QED) is 0.419. The summed E-state index contributed by atoms with van der Waals surface area (Å²) >= 11 is 11.3. The molecule has 0 atom stereocenters. The number of carbonyl (C=O) groups is 1. The number of ether oxygens (including phenoxy) is 1. The average molecular weight is 519 g/mol. The number of sulfonamides is 1. The Morgan fingerprint density at radius 3 is 1.85 bits per heavy atom. The molecule has 3 rings (SSSR count). The van der Waals surface area contributed by atoms with E-state index in [-0.39, 0.29) is 16.3 Å². The van der Waals surface area contributed by atoms with Crippen LogP contribution in [0.4, 0.5) is 20.2 Å². The number of benzene rings is 3. The maximum atomic E-state index is 12.7. The van der Waals surface area contributed by atoms with Gasteiger partial charge in [0.1, 0.15) is 12.3 Å². The Hall–Kier alpha value is -3.08. The molecule has 12 heteroatoms. The number of hydrogen-bond donors (Lipinski definition) is 2. The van der Waals surface area contributed by atoms with Crippen molar-refractivity contribution in [3.63, 3.8) is 0 Å². The first-order valence-electron chi connectivity index (χ1n) is 9.05. The van der Waals surface area contributed by atoms with E-state index in [1.165, 1.54) is 24.3 Å². The van der Waals surface area contributed by atoms with Gasteiger partial charge in [-0.15, -0.1) is 0 Å². The summed E-state index contributed by atoms with van der Waals surface area (Å²) in [7, 11) is -4.24. The van der Waals surface area contributed by atoms with Crippen LogP contribution in [0.5, 0.6) is 5.75 Å². The topological polar surface area (TPSA) is 110 Å². The van der Waals surface area contributed by atoms with Crippen molar-refractivity contribution in [3.8, 4) is 5.75 Å². The number of alkyl halides is 2. The molecule has 0 aliphatic heterocycles. The minimum atomic E-state index is -4.24. The standard InChI is InChI=1S/C15H12ClF2NO5S.C6H6ClN/c16-10-1-3-11(4-2-10)19(9-14(20)21)25(22,23)13-7-5-12(6-8-13)24-15(17)18;7-5-1-3-6(8)4-2-5/h1-8,15H,9H2,(H,20,21);1-4H,8H2. The van der Waals surface area contributed by atoms with Crippen molar-refractivity contribution in [3.05, 3.63) is 82.8 Å². The fourth-order valence-corrected chi connectivity index (χ4v) is 4.09. The van der Waals surface area contributed by atoms with Crippen LogP contribution in [0.15, 0.2) is 77.7 Å². The normalized spacial score (nSPS) is 10.8. The summed E-state index contributed by atoms with van der Waals surface area (Å²) in [5, 5.41) is 10.1. The lowest BCUT2D eigenvalue weighted by Gasteiger charge is -2.23. The minimum Gasteiger partial charge on any atom is -0.480 e. The highest BCUT2D eigenvalue weighted by molar-refractivity contribution is 7.92. The molecular weight excluding hydrogens is 501 g/mol. The van der Waals surface area contributed by atoms with Crippen molar-refractivity contribution in [2.45, 2.75) is 11.5 Å². The van der Waals surface area contributed by atoms with Crippen LogP contribution in [0, 0.1) is 0 Å². The van der Waals surface area contributed by atoms with Gasteiger partial charge in [-0.1, -0.05) is 23.2 Å². The summed E-state index contributed by atoms with van der Waals surface area (Å²) in [6, 6.07) is 16.8. The number of carboxylic acid groups (broad SMARTS) is 1. The van der Waals surface area contributed by atoms with Crippen LogP contribution >= 0.6 is 23.2 Å². The number of nitrogens with two attached hydrogens (primary N) is 1. The van der Waals surface area contributed by atoms with Crippen LogP contribution in [-0.4, -0.2) is 32.6 Å². The highest BCUT2D eigenvalue weighted by Crippen LogP contribution is 2.26. The Morgan fingerprint density at radius 2 is 1.42 bits per heavy atom. The molecule has 7 nitrogen and oxygen atoms in total. The number of hydrogen-bond acceptors (Lipinski definition) is 5. The number of aliphatic carboxylic acids is 1. The Morgan fingerprint density at radius 1 is 0.939 bits per heavy atom. The van der Waals surface area contributed by atoms with Gasteiger partial charge in [-0.05, 0) is 72.8 Å².